The molecule has 0 spiro atoms. The van der Waals surface area contributed by atoms with Gasteiger partial charge < -0.3 is 0 Å². The highest BCUT2D eigenvalue weighted by Gasteiger charge is 2.48. The van der Waals surface area contributed by atoms with Crippen molar-refractivity contribution in [3.05, 3.63) is 41.5 Å². The molecule has 126 valence electrons. The van der Waals surface area contributed by atoms with Gasteiger partial charge in [0.25, 0.3) is 0 Å². The van der Waals surface area contributed by atoms with Crippen LogP contribution >= 0.6 is 0 Å². The lowest BCUT2D eigenvalue weighted by atomic mass is 9.82. The second kappa shape index (κ2) is 6.19. The van der Waals surface area contributed by atoms with E-state index in [9.17, 15) is 9.59 Å². The van der Waals surface area contributed by atoms with E-state index in [2.05, 4.69) is 25.1 Å². The molecule has 2 amide bonds. The lowest BCUT2D eigenvalue weighted by Gasteiger charge is -2.23. The van der Waals surface area contributed by atoms with Gasteiger partial charge in [0.15, 0.2) is 0 Å². The molecule has 4 rings (SSSR count). The molecule has 3 nitrogen and oxygen atoms in total. The predicted molar refractivity (Wildman–Crippen MR) is 94.7 cm³/mol. The summed E-state index contributed by atoms with van der Waals surface area (Å²) in [5, 5.41) is 0. The summed E-state index contributed by atoms with van der Waals surface area (Å²) in [6.45, 7) is 2.05. The number of amides is 2. The van der Waals surface area contributed by atoms with Gasteiger partial charge in [0.05, 0.1) is 17.5 Å². The van der Waals surface area contributed by atoms with Crippen LogP contribution in [0.15, 0.2) is 35.9 Å². The van der Waals surface area contributed by atoms with Gasteiger partial charge in [-0.15, -0.1) is 0 Å². The molecule has 1 saturated carbocycles. The van der Waals surface area contributed by atoms with Gasteiger partial charge in [0.1, 0.15) is 0 Å². The highest BCUT2D eigenvalue weighted by atomic mass is 16.2. The summed E-state index contributed by atoms with van der Waals surface area (Å²) < 4.78 is 0. The lowest BCUT2D eigenvalue weighted by Crippen LogP contribution is -2.30. The molecule has 24 heavy (non-hydrogen) atoms. The van der Waals surface area contributed by atoms with Crippen molar-refractivity contribution in [3.63, 3.8) is 0 Å². The number of imide groups is 1. The van der Waals surface area contributed by atoms with Crippen molar-refractivity contribution in [2.24, 2.45) is 11.8 Å². The number of hydrogen-bond donors (Lipinski definition) is 0. The minimum absolute atomic E-state index is 0.0112. The molecule has 3 heteroatoms. The van der Waals surface area contributed by atoms with Crippen LogP contribution in [0.5, 0.6) is 0 Å². The Kier molecular flexibility index (Phi) is 4.03. The fraction of sp³-hybridized carbons (Fsp3) is 0.524. The van der Waals surface area contributed by atoms with Crippen molar-refractivity contribution in [1.29, 1.82) is 0 Å². The number of nitrogens with zero attached hydrogens (tertiary/aromatic N) is 1. The number of benzene rings is 1. The summed E-state index contributed by atoms with van der Waals surface area (Å²) in [4.78, 5) is 26.9. The molecule has 1 aliphatic heterocycles. The van der Waals surface area contributed by atoms with Gasteiger partial charge in [0.2, 0.25) is 11.8 Å². The summed E-state index contributed by atoms with van der Waals surface area (Å²) in [6.07, 6.45) is 10.0. The molecule has 0 N–H and O–H groups in total. The SMILES string of the molecule is CC1=CC[C@H]2C(=O)N(c3ccc(C4CCCCC4)cc3)C(=O)[C@H]2C1. The molecule has 1 aromatic carbocycles. The Hall–Kier alpha value is -1.90. The minimum atomic E-state index is -0.153. The van der Waals surface area contributed by atoms with Crippen LogP contribution in [-0.2, 0) is 9.59 Å². The maximum absolute atomic E-state index is 12.8. The molecule has 0 unspecified atom stereocenters. The average Bonchev–Trinajstić information content (AvgIpc) is 2.86. The number of hydrogen-bond acceptors (Lipinski definition) is 2. The van der Waals surface area contributed by atoms with Crippen molar-refractivity contribution < 1.29 is 9.59 Å². The van der Waals surface area contributed by atoms with E-state index in [-0.39, 0.29) is 23.7 Å². The number of fused-ring (bicyclic) bond motifs is 1. The Bertz CT molecular complexity index is 682. The van der Waals surface area contributed by atoms with Gasteiger partial charge in [-0.3, -0.25) is 14.5 Å². The van der Waals surface area contributed by atoms with Crippen LogP contribution in [-0.4, -0.2) is 11.8 Å². The second-order valence-electron chi connectivity index (χ2n) is 7.64. The molecule has 2 atom stereocenters. The molecule has 1 aromatic rings. The normalized spacial score (nSPS) is 28.0. The molecule has 0 radical (unpaired) electrons. The van der Waals surface area contributed by atoms with E-state index >= 15 is 0 Å². The van der Waals surface area contributed by atoms with Gasteiger partial charge in [0, 0.05) is 0 Å². The second-order valence-corrected chi connectivity index (χ2v) is 7.64. The fourth-order valence-corrected chi connectivity index (χ4v) is 4.62. The number of rotatable bonds is 2. The van der Waals surface area contributed by atoms with Crippen LogP contribution < -0.4 is 4.90 Å². The zero-order valence-corrected chi connectivity index (χ0v) is 14.3. The number of carbonyl (C=O) groups excluding carboxylic acids is 2. The van der Waals surface area contributed by atoms with E-state index in [4.69, 9.17) is 0 Å². The molecular weight excluding hydrogens is 298 g/mol. The van der Waals surface area contributed by atoms with E-state index in [0.717, 1.165) is 12.1 Å². The fourth-order valence-electron chi connectivity index (χ4n) is 4.62. The van der Waals surface area contributed by atoms with Crippen LogP contribution in [0.1, 0.15) is 63.4 Å². The Balaban J connectivity index is 1.55. The van der Waals surface area contributed by atoms with E-state index in [1.165, 1.54) is 48.1 Å². The van der Waals surface area contributed by atoms with Crippen molar-refractivity contribution in [3.8, 4) is 0 Å². The van der Waals surface area contributed by atoms with Gasteiger partial charge in [-0.25, -0.2) is 0 Å². The first kappa shape index (κ1) is 15.6. The lowest BCUT2D eigenvalue weighted by molar-refractivity contribution is -0.122. The maximum Gasteiger partial charge on any atom is 0.238 e. The maximum atomic E-state index is 12.8. The number of anilines is 1. The molecule has 1 heterocycles. The van der Waals surface area contributed by atoms with Crippen LogP contribution in [0.4, 0.5) is 5.69 Å². The third-order valence-corrected chi connectivity index (χ3v) is 6.05. The third-order valence-electron chi connectivity index (χ3n) is 6.05. The van der Waals surface area contributed by atoms with Crippen LogP contribution in [0, 0.1) is 11.8 Å². The van der Waals surface area contributed by atoms with E-state index < -0.39 is 0 Å². The molecule has 2 fully saturated rings. The number of carbonyl (C=O) groups is 2. The highest BCUT2D eigenvalue weighted by molar-refractivity contribution is 6.22. The summed E-state index contributed by atoms with van der Waals surface area (Å²) in [5.41, 5.74) is 3.33. The highest BCUT2D eigenvalue weighted by Crippen LogP contribution is 2.40. The molecule has 0 bridgehead atoms. The first-order valence-corrected chi connectivity index (χ1v) is 9.28. The standard InChI is InChI=1S/C21H25NO2/c1-14-7-12-18-19(13-14)21(24)22(20(18)23)17-10-8-16(9-11-17)15-5-3-2-4-6-15/h7-11,15,18-19H,2-6,12-13H2,1H3/t18-,19+/m1/s1. The predicted octanol–water partition coefficient (Wildman–Crippen LogP) is 4.58. The average molecular weight is 323 g/mol. The molecular formula is C21H25NO2. The molecule has 1 saturated heterocycles. The largest absolute Gasteiger partial charge is 0.274 e. The van der Waals surface area contributed by atoms with Crippen molar-refractivity contribution in [2.45, 2.75) is 57.8 Å². The van der Waals surface area contributed by atoms with Crippen molar-refractivity contribution >= 4 is 17.5 Å². The van der Waals surface area contributed by atoms with Gasteiger partial charge in [-0.05, 0) is 56.2 Å². The summed E-state index contributed by atoms with van der Waals surface area (Å²) >= 11 is 0. The van der Waals surface area contributed by atoms with Crippen molar-refractivity contribution in [1.82, 2.24) is 0 Å². The topological polar surface area (TPSA) is 37.4 Å². The van der Waals surface area contributed by atoms with Gasteiger partial charge in [-0.1, -0.05) is 43.0 Å². The third kappa shape index (κ3) is 2.60. The molecule has 3 aliphatic rings. The van der Waals surface area contributed by atoms with Crippen LogP contribution in [0.3, 0.4) is 0 Å². The Morgan fingerprint density at radius 1 is 0.917 bits per heavy atom. The van der Waals surface area contributed by atoms with Crippen LogP contribution in [0.2, 0.25) is 0 Å². The zero-order valence-electron chi connectivity index (χ0n) is 14.3. The van der Waals surface area contributed by atoms with Gasteiger partial charge >= 0.3 is 0 Å². The molecule has 0 aromatic heterocycles. The quantitative estimate of drug-likeness (QED) is 0.590. The monoisotopic (exact) mass is 323 g/mol. The minimum Gasteiger partial charge on any atom is -0.274 e. The summed E-state index contributed by atoms with van der Waals surface area (Å²) in [7, 11) is 0. The van der Waals surface area contributed by atoms with E-state index in [0.29, 0.717) is 12.3 Å². The first-order valence-electron chi connectivity index (χ1n) is 9.28. The smallest absolute Gasteiger partial charge is 0.238 e. The van der Waals surface area contributed by atoms with Crippen molar-refractivity contribution in [2.75, 3.05) is 4.90 Å². The zero-order chi connectivity index (χ0) is 16.7. The first-order chi connectivity index (χ1) is 11.6. The molecule has 2 aliphatic carbocycles. The number of allylic oxidation sites excluding steroid dienone is 2. The summed E-state index contributed by atoms with van der Waals surface area (Å²) in [6, 6.07) is 8.18. The Labute approximate surface area is 143 Å². The van der Waals surface area contributed by atoms with Crippen LogP contribution in [0.25, 0.3) is 0 Å². The summed E-state index contributed by atoms with van der Waals surface area (Å²) in [5.74, 6) is 0.314. The van der Waals surface area contributed by atoms with Gasteiger partial charge in [-0.2, -0.15) is 0 Å². The Morgan fingerprint density at radius 2 is 1.58 bits per heavy atom. The van der Waals surface area contributed by atoms with E-state index in [1.54, 1.807) is 0 Å². The van der Waals surface area contributed by atoms with E-state index in [1.807, 2.05) is 12.1 Å². The Morgan fingerprint density at radius 3 is 2.29 bits per heavy atom.